The molecule has 0 unspecified atom stereocenters. The number of piperidine rings is 2. The third-order valence-electron chi connectivity index (χ3n) is 7.27. The van der Waals surface area contributed by atoms with Crippen molar-refractivity contribution in [2.75, 3.05) is 33.2 Å². The predicted molar refractivity (Wildman–Crippen MR) is 132 cm³/mol. The van der Waals surface area contributed by atoms with Gasteiger partial charge in [-0.1, -0.05) is 41.9 Å². The van der Waals surface area contributed by atoms with Gasteiger partial charge in [0.05, 0.1) is 0 Å². The number of halogens is 1. The van der Waals surface area contributed by atoms with Crippen LogP contribution in [0.2, 0.25) is 5.02 Å². The molecule has 1 atom stereocenters. The fourth-order valence-corrected chi connectivity index (χ4v) is 5.33. The molecule has 1 N–H and O–H groups in total. The van der Waals surface area contributed by atoms with Gasteiger partial charge in [-0.15, -0.1) is 0 Å². The summed E-state index contributed by atoms with van der Waals surface area (Å²) in [5.41, 5.74) is 1.54. The summed E-state index contributed by atoms with van der Waals surface area (Å²) in [5, 5.41) is 3.58. The molecule has 2 aromatic rings. The van der Waals surface area contributed by atoms with Crippen molar-refractivity contribution < 1.29 is 9.59 Å². The number of hydrogen-bond acceptors (Lipinski definition) is 3. The van der Waals surface area contributed by atoms with Crippen molar-refractivity contribution in [2.24, 2.45) is 11.8 Å². The zero-order valence-electron chi connectivity index (χ0n) is 19.4. The Bertz CT molecular complexity index is 918. The van der Waals surface area contributed by atoms with E-state index in [-0.39, 0.29) is 11.8 Å². The summed E-state index contributed by atoms with van der Waals surface area (Å²) in [4.78, 5) is 30.8. The van der Waals surface area contributed by atoms with E-state index in [4.69, 9.17) is 11.6 Å². The lowest BCUT2D eigenvalue weighted by Crippen LogP contribution is -2.52. The Morgan fingerprint density at radius 1 is 0.909 bits per heavy atom. The van der Waals surface area contributed by atoms with E-state index < -0.39 is 6.04 Å². The maximum absolute atomic E-state index is 13.5. The highest BCUT2D eigenvalue weighted by atomic mass is 35.5. The molecule has 2 aromatic carbocycles. The van der Waals surface area contributed by atoms with E-state index in [1.165, 1.54) is 25.9 Å². The fourth-order valence-electron chi connectivity index (χ4n) is 5.20. The molecule has 5 nitrogen and oxygen atoms in total. The predicted octanol–water partition coefficient (Wildman–Crippen LogP) is 4.26. The lowest BCUT2D eigenvalue weighted by Gasteiger charge is -2.40. The molecule has 6 heteroatoms. The molecule has 0 radical (unpaired) electrons. The molecule has 2 aliphatic rings. The Balaban J connectivity index is 1.40. The molecule has 0 aliphatic carbocycles. The van der Waals surface area contributed by atoms with Gasteiger partial charge in [-0.3, -0.25) is 9.59 Å². The quantitative estimate of drug-likeness (QED) is 0.690. The molecule has 2 fully saturated rings. The highest BCUT2D eigenvalue weighted by Crippen LogP contribution is 2.32. The van der Waals surface area contributed by atoms with Crippen molar-refractivity contribution in [3.63, 3.8) is 0 Å². The molecule has 0 spiro atoms. The van der Waals surface area contributed by atoms with Crippen LogP contribution in [0.1, 0.15) is 41.6 Å². The van der Waals surface area contributed by atoms with Gasteiger partial charge in [0.15, 0.2) is 0 Å². The first-order chi connectivity index (χ1) is 16.0. The number of likely N-dealkylation sites (tertiary alicyclic amines) is 2. The number of hydrogen-bond donors (Lipinski definition) is 1. The van der Waals surface area contributed by atoms with Crippen LogP contribution in [0.5, 0.6) is 0 Å². The first kappa shape index (κ1) is 23.8. The Morgan fingerprint density at radius 2 is 1.48 bits per heavy atom. The number of nitrogens with one attached hydrogen (secondary N) is 1. The monoisotopic (exact) mass is 467 g/mol. The minimum absolute atomic E-state index is 0.0167. The zero-order chi connectivity index (χ0) is 23.2. The number of carbonyl (C=O) groups excluding carboxylic acids is 2. The van der Waals surface area contributed by atoms with E-state index in [0.717, 1.165) is 37.4 Å². The molecule has 2 saturated heterocycles. The summed E-state index contributed by atoms with van der Waals surface area (Å²) in [6, 6.07) is 16.1. The van der Waals surface area contributed by atoms with Crippen LogP contribution in [0.4, 0.5) is 0 Å². The lowest BCUT2D eigenvalue weighted by molar-refractivity contribution is -0.135. The second-order valence-corrected chi connectivity index (χ2v) is 9.96. The number of carbonyl (C=O) groups is 2. The van der Waals surface area contributed by atoms with Crippen LogP contribution in [-0.4, -0.2) is 60.9 Å². The highest BCUT2D eigenvalue weighted by molar-refractivity contribution is 6.30. The molecular formula is C27H34ClN3O2. The summed E-state index contributed by atoms with van der Waals surface area (Å²) in [5.74, 6) is 1.26. The van der Waals surface area contributed by atoms with Crippen LogP contribution >= 0.6 is 11.6 Å². The SMILES string of the molecule is CN1CCC(C2CCN(C(=O)[C@@H](Cc3ccccc3)NC(=O)c3ccc(Cl)cc3)CC2)CC1. The third-order valence-corrected chi connectivity index (χ3v) is 7.53. The standard InChI is InChI=1S/C27H34ClN3O2/c1-30-15-11-21(12-16-30)22-13-17-31(18-14-22)27(33)25(19-20-5-3-2-4-6-20)29-26(32)23-7-9-24(28)10-8-23/h2-10,21-22,25H,11-19H2,1H3,(H,29,32)/t25-/m1/s1. The molecule has 0 bridgehead atoms. The van der Waals surface area contributed by atoms with Crippen molar-refractivity contribution in [1.29, 1.82) is 0 Å². The number of amides is 2. The van der Waals surface area contributed by atoms with Gasteiger partial charge in [0, 0.05) is 30.1 Å². The minimum atomic E-state index is -0.588. The van der Waals surface area contributed by atoms with Gasteiger partial charge in [-0.2, -0.15) is 0 Å². The molecule has 4 rings (SSSR count). The first-order valence-electron chi connectivity index (χ1n) is 12.1. The van der Waals surface area contributed by atoms with Gasteiger partial charge < -0.3 is 15.1 Å². The molecule has 33 heavy (non-hydrogen) atoms. The van der Waals surface area contributed by atoms with Crippen LogP contribution < -0.4 is 5.32 Å². The van der Waals surface area contributed by atoms with E-state index in [9.17, 15) is 9.59 Å². The summed E-state index contributed by atoms with van der Waals surface area (Å²) in [6.07, 6.45) is 5.13. The first-order valence-corrected chi connectivity index (χ1v) is 12.4. The Kier molecular flexibility index (Phi) is 8.05. The Hall–Kier alpha value is -2.37. The largest absolute Gasteiger partial charge is 0.341 e. The van der Waals surface area contributed by atoms with E-state index in [1.54, 1.807) is 24.3 Å². The minimum Gasteiger partial charge on any atom is -0.341 e. The molecule has 2 heterocycles. The molecule has 0 saturated carbocycles. The topological polar surface area (TPSA) is 52.6 Å². The number of benzene rings is 2. The van der Waals surface area contributed by atoms with Crippen molar-refractivity contribution >= 4 is 23.4 Å². The maximum atomic E-state index is 13.5. The van der Waals surface area contributed by atoms with Crippen LogP contribution in [0.3, 0.4) is 0 Å². The normalized spacial score (nSPS) is 19.3. The summed E-state index contributed by atoms with van der Waals surface area (Å²) in [7, 11) is 2.20. The maximum Gasteiger partial charge on any atom is 0.251 e. The van der Waals surface area contributed by atoms with Crippen LogP contribution in [0, 0.1) is 11.8 Å². The van der Waals surface area contributed by atoms with Crippen molar-refractivity contribution in [2.45, 2.75) is 38.1 Å². The number of rotatable bonds is 6. The molecule has 2 aliphatic heterocycles. The van der Waals surface area contributed by atoms with Crippen molar-refractivity contribution in [1.82, 2.24) is 15.1 Å². The molecule has 176 valence electrons. The van der Waals surface area contributed by atoms with E-state index >= 15 is 0 Å². The zero-order valence-corrected chi connectivity index (χ0v) is 20.1. The molecule has 2 amide bonds. The lowest BCUT2D eigenvalue weighted by atomic mass is 9.79. The van der Waals surface area contributed by atoms with Gasteiger partial charge in [0.1, 0.15) is 6.04 Å². The average Bonchev–Trinajstić information content (AvgIpc) is 2.85. The van der Waals surface area contributed by atoms with E-state index in [1.807, 2.05) is 35.2 Å². The molecular weight excluding hydrogens is 434 g/mol. The average molecular weight is 468 g/mol. The Morgan fingerprint density at radius 3 is 2.09 bits per heavy atom. The Labute approximate surface area is 202 Å². The van der Waals surface area contributed by atoms with Crippen LogP contribution in [0.15, 0.2) is 54.6 Å². The summed E-state index contributed by atoms with van der Waals surface area (Å²) < 4.78 is 0. The van der Waals surface area contributed by atoms with Crippen LogP contribution in [0.25, 0.3) is 0 Å². The van der Waals surface area contributed by atoms with E-state index in [0.29, 0.717) is 22.9 Å². The highest BCUT2D eigenvalue weighted by Gasteiger charge is 2.33. The van der Waals surface area contributed by atoms with Crippen molar-refractivity contribution in [3.05, 3.63) is 70.7 Å². The third kappa shape index (κ3) is 6.36. The van der Waals surface area contributed by atoms with Crippen molar-refractivity contribution in [3.8, 4) is 0 Å². The fraction of sp³-hybridized carbons (Fsp3) is 0.481. The molecule has 0 aromatic heterocycles. The second kappa shape index (κ2) is 11.2. The number of nitrogens with zero attached hydrogens (tertiary/aromatic N) is 2. The summed E-state index contributed by atoms with van der Waals surface area (Å²) >= 11 is 5.96. The van der Waals surface area contributed by atoms with Crippen LogP contribution in [-0.2, 0) is 11.2 Å². The van der Waals surface area contributed by atoms with Gasteiger partial charge >= 0.3 is 0 Å². The smallest absolute Gasteiger partial charge is 0.251 e. The van der Waals surface area contributed by atoms with Gasteiger partial charge in [-0.05, 0) is 87.5 Å². The van der Waals surface area contributed by atoms with Gasteiger partial charge in [0.2, 0.25) is 5.91 Å². The van der Waals surface area contributed by atoms with Gasteiger partial charge in [-0.25, -0.2) is 0 Å². The van der Waals surface area contributed by atoms with E-state index in [2.05, 4.69) is 17.3 Å². The van der Waals surface area contributed by atoms with Gasteiger partial charge in [0.25, 0.3) is 5.91 Å². The second-order valence-electron chi connectivity index (χ2n) is 9.53. The summed E-state index contributed by atoms with van der Waals surface area (Å²) in [6.45, 7) is 3.91.